The van der Waals surface area contributed by atoms with Crippen LogP contribution in [0.2, 0.25) is 0 Å². The first-order chi connectivity index (χ1) is 4.70. The summed E-state index contributed by atoms with van der Waals surface area (Å²) in [4.78, 5) is 10.8. The number of rotatable bonds is 5. The minimum Gasteiger partial charge on any atom is -0.298 e. The number of hydrogen-bond donors (Lipinski definition) is 0. The Morgan fingerprint density at radius 3 is 2.60 bits per heavy atom. The number of ketones is 1. The first-order valence-corrected chi connectivity index (χ1v) is 4.31. The van der Waals surface area contributed by atoms with E-state index in [9.17, 15) is 4.79 Å². The molecule has 0 amide bonds. The van der Waals surface area contributed by atoms with E-state index in [1.165, 1.54) is 0 Å². The fourth-order valence-corrected chi connectivity index (χ4v) is 1.15. The van der Waals surface area contributed by atoms with Gasteiger partial charge in [-0.2, -0.15) is 0 Å². The summed E-state index contributed by atoms with van der Waals surface area (Å²) in [5, 5.41) is 0. The molecule has 0 spiro atoms. The number of carbonyl (C=O) groups is 1. The van der Waals surface area contributed by atoms with Crippen molar-refractivity contribution in [1.29, 1.82) is 0 Å². The molecule has 60 valence electrons. The van der Waals surface area contributed by atoms with Crippen LogP contribution in [0.25, 0.3) is 0 Å². The summed E-state index contributed by atoms with van der Waals surface area (Å²) >= 11 is 5.35. The maximum Gasteiger partial charge on any atom is 0.147 e. The topological polar surface area (TPSA) is 17.1 Å². The van der Waals surface area contributed by atoms with Gasteiger partial charge in [0.15, 0.2) is 0 Å². The zero-order chi connectivity index (χ0) is 7.98. The van der Waals surface area contributed by atoms with Crippen LogP contribution in [0.3, 0.4) is 0 Å². The van der Waals surface area contributed by atoms with Crippen molar-refractivity contribution in [2.45, 2.75) is 33.1 Å². The molecule has 2 heteroatoms. The summed E-state index contributed by atoms with van der Waals surface area (Å²) in [7, 11) is 0. The number of halogens is 1. The van der Waals surface area contributed by atoms with Crippen molar-refractivity contribution in [2.75, 3.05) is 5.88 Å². The summed E-state index contributed by atoms with van der Waals surface area (Å²) < 4.78 is 0. The molecule has 0 aromatic rings. The third-order valence-electron chi connectivity index (χ3n) is 1.51. The molecule has 0 aliphatic heterocycles. The van der Waals surface area contributed by atoms with Crippen molar-refractivity contribution in [3.05, 3.63) is 0 Å². The van der Waals surface area contributed by atoms with Gasteiger partial charge in [0.05, 0.1) is 5.88 Å². The van der Waals surface area contributed by atoms with Gasteiger partial charge in [0.25, 0.3) is 0 Å². The van der Waals surface area contributed by atoms with E-state index in [0.29, 0.717) is 12.3 Å². The SMILES string of the molecule is CCCC(C)CC(=O)CCl. The van der Waals surface area contributed by atoms with Crippen LogP contribution < -0.4 is 0 Å². The number of Topliss-reactive ketones (excluding diaryl/α,β-unsaturated/α-hetero) is 1. The van der Waals surface area contributed by atoms with Crippen LogP contribution in [0.4, 0.5) is 0 Å². The second-order valence-electron chi connectivity index (χ2n) is 2.77. The molecule has 0 aromatic carbocycles. The molecule has 0 N–H and O–H groups in total. The van der Waals surface area contributed by atoms with Crippen LogP contribution in [0.5, 0.6) is 0 Å². The molecule has 1 atom stereocenters. The van der Waals surface area contributed by atoms with Gasteiger partial charge in [-0.3, -0.25) is 4.79 Å². The lowest BCUT2D eigenvalue weighted by atomic mass is 10.0. The summed E-state index contributed by atoms with van der Waals surface area (Å²) in [6.07, 6.45) is 2.93. The average Bonchev–Trinajstić information content (AvgIpc) is 1.88. The second kappa shape index (κ2) is 5.72. The van der Waals surface area contributed by atoms with Crippen LogP contribution >= 0.6 is 11.6 Å². The van der Waals surface area contributed by atoms with Gasteiger partial charge in [-0.05, 0) is 5.92 Å². The van der Waals surface area contributed by atoms with Crippen molar-refractivity contribution >= 4 is 17.4 Å². The first-order valence-electron chi connectivity index (χ1n) is 3.78. The maximum atomic E-state index is 10.8. The fourth-order valence-electron chi connectivity index (χ4n) is 1.04. The third kappa shape index (κ3) is 4.80. The Morgan fingerprint density at radius 2 is 2.20 bits per heavy atom. The van der Waals surface area contributed by atoms with E-state index in [-0.39, 0.29) is 11.7 Å². The standard InChI is InChI=1S/C8H15ClO/c1-3-4-7(2)5-8(10)6-9/h7H,3-6H2,1-2H3. The molecule has 0 aromatic heterocycles. The number of alkyl halides is 1. The Morgan fingerprint density at radius 1 is 1.60 bits per heavy atom. The molecule has 0 saturated heterocycles. The summed E-state index contributed by atoms with van der Waals surface area (Å²) in [6.45, 7) is 4.22. The monoisotopic (exact) mass is 162 g/mol. The van der Waals surface area contributed by atoms with Gasteiger partial charge in [0.1, 0.15) is 5.78 Å². The minimum atomic E-state index is 0.169. The van der Waals surface area contributed by atoms with E-state index < -0.39 is 0 Å². The Kier molecular flexibility index (Phi) is 5.70. The lowest BCUT2D eigenvalue weighted by Gasteiger charge is -2.06. The largest absolute Gasteiger partial charge is 0.298 e. The highest BCUT2D eigenvalue weighted by Gasteiger charge is 2.05. The third-order valence-corrected chi connectivity index (χ3v) is 1.80. The zero-order valence-corrected chi connectivity index (χ0v) is 7.45. The first kappa shape index (κ1) is 9.96. The van der Waals surface area contributed by atoms with E-state index in [4.69, 9.17) is 11.6 Å². The molecular formula is C8H15ClO. The highest BCUT2D eigenvalue weighted by molar-refractivity contribution is 6.27. The zero-order valence-electron chi connectivity index (χ0n) is 6.69. The van der Waals surface area contributed by atoms with E-state index in [1.54, 1.807) is 0 Å². The van der Waals surface area contributed by atoms with Crippen LogP contribution in [0.15, 0.2) is 0 Å². The van der Waals surface area contributed by atoms with Gasteiger partial charge in [-0.1, -0.05) is 26.7 Å². The number of carbonyl (C=O) groups excluding carboxylic acids is 1. The molecular weight excluding hydrogens is 148 g/mol. The average molecular weight is 163 g/mol. The van der Waals surface area contributed by atoms with Gasteiger partial charge < -0.3 is 0 Å². The lowest BCUT2D eigenvalue weighted by molar-refractivity contribution is -0.117. The molecule has 1 unspecified atom stereocenters. The highest BCUT2D eigenvalue weighted by Crippen LogP contribution is 2.10. The van der Waals surface area contributed by atoms with Crippen LogP contribution in [-0.4, -0.2) is 11.7 Å². The molecule has 0 aliphatic rings. The predicted molar refractivity (Wildman–Crippen MR) is 44.4 cm³/mol. The van der Waals surface area contributed by atoms with E-state index in [1.807, 2.05) is 0 Å². The van der Waals surface area contributed by atoms with E-state index in [2.05, 4.69) is 13.8 Å². The van der Waals surface area contributed by atoms with E-state index in [0.717, 1.165) is 12.8 Å². The van der Waals surface area contributed by atoms with Crippen LogP contribution in [0, 0.1) is 5.92 Å². The Labute approximate surface area is 67.8 Å². The Bertz CT molecular complexity index is 101. The predicted octanol–water partition coefficient (Wildman–Crippen LogP) is 2.62. The normalized spacial score (nSPS) is 13.1. The molecule has 0 radical (unpaired) electrons. The molecule has 0 saturated carbocycles. The molecule has 0 heterocycles. The molecule has 1 nitrogen and oxygen atoms in total. The van der Waals surface area contributed by atoms with Gasteiger partial charge in [0.2, 0.25) is 0 Å². The summed E-state index contributed by atoms with van der Waals surface area (Å²) in [5.74, 6) is 0.854. The van der Waals surface area contributed by atoms with Gasteiger partial charge in [-0.15, -0.1) is 11.6 Å². The lowest BCUT2D eigenvalue weighted by Crippen LogP contribution is -2.05. The van der Waals surface area contributed by atoms with Crippen molar-refractivity contribution in [1.82, 2.24) is 0 Å². The van der Waals surface area contributed by atoms with E-state index >= 15 is 0 Å². The van der Waals surface area contributed by atoms with Gasteiger partial charge >= 0.3 is 0 Å². The molecule has 10 heavy (non-hydrogen) atoms. The molecule has 0 aliphatic carbocycles. The second-order valence-corrected chi connectivity index (χ2v) is 3.04. The van der Waals surface area contributed by atoms with Gasteiger partial charge in [-0.25, -0.2) is 0 Å². The Hall–Kier alpha value is -0.0400. The molecule has 0 fully saturated rings. The maximum absolute atomic E-state index is 10.8. The number of hydrogen-bond acceptors (Lipinski definition) is 1. The van der Waals surface area contributed by atoms with Crippen LogP contribution in [-0.2, 0) is 4.79 Å². The smallest absolute Gasteiger partial charge is 0.147 e. The fraction of sp³-hybridized carbons (Fsp3) is 0.875. The summed E-state index contributed by atoms with van der Waals surface area (Å²) in [5.41, 5.74) is 0. The van der Waals surface area contributed by atoms with Crippen molar-refractivity contribution in [3.63, 3.8) is 0 Å². The molecule has 0 rings (SSSR count). The van der Waals surface area contributed by atoms with Crippen LogP contribution in [0.1, 0.15) is 33.1 Å². The highest BCUT2D eigenvalue weighted by atomic mass is 35.5. The van der Waals surface area contributed by atoms with Crippen molar-refractivity contribution in [3.8, 4) is 0 Å². The van der Waals surface area contributed by atoms with Crippen molar-refractivity contribution in [2.24, 2.45) is 5.92 Å². The minimum absolute atomic E-state index is 0.169. The summed E-state index contributed by atoms with van der Waals surface area (Å²) in [6, 6.07) is 0. The quantitative estimate of drug-likeness (QED) is 0.568. The van der Waals surface area contributed by atoms with Crippen molar-refractivity contribution < 1.29 is 4.79 Å². The Balaban J connectivity index is 3.37. The van der Waals surface area contributed by atoms with Gasteiger partial charge in [0, 0.05) is 6.42 Å². The molecule has 0 bridgehead atoms.